The van der Waals surface area contributed by atoms with Crippen molar-refractivity contribution < 1.29 is 4.52 Å². The van der Waals surface area contributed by atoms with Crippen molar-refractivity contribution in [3.8, 4) is 11.6 Å². The van der Waals surface area contributed by atoms with E-state index in [2.05, 4.69) is 34.2 Å². The summed E-state index contributed by atoms with van der Waals surface area (Å²) in [7, 11) is 0. The Morgan fingerprint density at radius 3 is 2.74 bits per heavy atom. The molecule has 0 aromatic carbocycles. The Morgan fingerprint density at radius 1 is 1.37 bits per heavy atom. The average molecular weight is 261 g/mol. The Hall–Kier alpha value is -1.69. The second-order valence-electron chi connectivity index (χ2n) is 5.65. The number of hydrogen-bond donors (Lipinski definition) is 2. The van der Waals surface area contributed by atoms with Crippen molar-refractivity contribution in [2.24, 2.45) is 5.73 Å². The van der Waals surface area contributed by atoms with E-state index in [1.807, 2.05) is 6.07 Å². The standard InChI is InChI=1S/C13H19N5O/c1-8(2)9-7-10(17-16-9)11-15-12(18-19-11)13(14)5-3-4-6-13/h7-8H,3-6,14H2,1-2H3,(H,16,17). The van der Waals surface area contributed by atoms with Crippen molar-refractivity contribution in [1.29, 1.82) is 0 Å². The molecule has 0 radical (unpaired) electrons. The fourth-order valence-corrected chi connectivity index (χ4v) is 2.50. The molecule has 3 N–H and O–H groups in total. The maximum atomic E-state index is 6.31. The van der Waals surface area contributed by atoms with Crippen LogP contribution in [0, 0.1) is 0 Å². The lowest BCUT2D eigenvalue weighted by atomic mass is 9.99. The Labute approximate surface area is 111 Å². The first-order valence-electron chi connectivity index (χ1n) is 6.77. The van der Waals surface area contributed by atoms with Gasteiger partial charge in [-0.15, -0.1) is 0 Å². The van der Waals surface area contributed by atoms with E-state index in [1.54, 1.807) is 0 Å². The number of nitrogens with zero attached hydrogens (tertiary/aromatic N) is 3. The summed E-state index contributed by atoms with van der Waals surface area (Å²) < 4.78 is 5.30. The first-order chi connectivity index (χ1) is 9.08. The van der Waals surface area contributed by atoms with Crippen LogP contribution in [0.1, 0.15) is 57.0 Å². The van der Waals surface area contributed by atoms with Crippen LogP contribution in [0.4, 0.5) is 0 Å². The Balaban J connectivity index is 1.88. The number of hydrogen-bond acceptors (Lipinski definition) is 5. The summed E-state index contributed by atoms with van der Waals surface area (Å²) in [6, 6.07) is 1.94. The number of aromatic nitrogens is 4. The van der Waals surface area contributed by atoms with Crippen LogP contribution in [-0.2, 0) is 5.54 Å². The molecule has 19 heavy (non-hydrogen) atoms. The lowest BCUT2D eigenvalue weighted by molar-refractivity contribution is 0.372. The number of nitrogens with one attached hydrogen (secondary N) is 1. The molecule has 0 bridgehead atoms. The van der Waals surface area contributed by atoms with E-state index >= 15 is 0 Å². The third kappa shape index (κ3) is 2.16. The summed E-state index contributed by atoms with van der Waals surface area (Å²) in [5.41, 5.74) is 7.63. The normalized spacial score (nSPS) is 18.3. The monoisotopic (exact) mass is 261 g/mol. The molecule has 1 aliphatic carbocycles. The Kier molecular flexibility index (Phi) is 2.89. The molecule has 1 fully saturated rings. The van der Waals surface area contributed by atoms with Gasteiger partial charge >= 0.3 is 0 Å². The van der Waals surface area contributed by atoms with Crippen LogP contribution in [0.2, 0.25) is 0 Å². The van der Waals surface area contributed by atoms with Crippen LogP contribution in [0.15, 0.2) is 10.6 Å². The van der Waals surface area contributed by atoms with Gasteiger partial charge in [0.1, 0.15) is 0 Å². The highest BCUT2D eigenvalue weighted by Crippen LogP contribution is 2.35. The molecule has 1 aliphatic rings. The number of H-pyrrole nitrogens is 1. The van der Waals surface area contributed by atoms with Gasteiger partial charge in [-0.25, -0.2) is 0 Å². The third-order valence-electron chi connectivity index (χ3n) is 3.81. The highest BCUT2D eigenvalue weighted by molar-refractivity contribution is 5.47. The third-order valence-corrected chi connectivity index (χ3v) is 3.81. The van der Waals surface area contributed by atoms with E-state index in [0.29, 0.717) is 23.3 Å². The van der Waals surface area contributed by atoms with E-state index in [1.165, 1.54) is 0 Å². The maximum Gasteiger partial charge on any atom is 0.278 e. The summed E-state index contributed by atoms with van der Waals surface area (Å²) in [6.07, 6.45) is 4.09. The molecule has 0 saturated heterocycles. The minimum absolute atomic E-state index is 0.388. The molecular formula is C13H19N5O. The van der Waals surface area contributed by atoms with Crippen molar-refractivity contribution >= 4 is 0 Å². The van der Waals surface area contributed by atoms with Gasteiger partial charge in [-0.3, -0.25) is 5.10 Å². The van der Waals surface area contributed by atoms with Crippen molar-refractivity contribution in [1.82, 2.24) is 20.3 Å². The van der Waals surface area contributed by atoms with Crippen molar-refractivity contribution in [2.75, 3.05) is 0 Å². The molecular weight excluding hydrogens is 242 g/mol. The quantitative estimate of drug-likeness (QED) is 0.884. The van der Waals surface area contributed by atoms with Crippen LogP contribution in [0.5, 0.6) is 0 Å². The van der Waals surface area contributed by atoms with Gasteiger partial charge in [0.15, 0.2) is 11.5 Å². The van der Waals surface area contributed by atoms with Crippen LogP contribution in [-0.4, -0.2) is 20.3 Å². The lowest BCUT2D eigenvalue weighted by Crippen LogP contribution is -2.34. The molecule has 6 heteroatoms. The maximum absolute atomic E-state index is 6.31. The zero-order valence-corrected chi connectivity index (χ0v) is 11.3. The molecule has 0 spiro atoms. The molecule has 0 aliphatic heterocycles. The van der Waals surface area contributed by atoms with E-state index < -0.39 is 5.54 Å². The molecule has 2 heterocycles. The number of aromatic amines is 1. The lowest BCUT2D eigenvalue weighted by Gasteiger charge is -2.17. The van der Waals surface area contributed by atoms with Crippen molar-refractivity contribution in [3.05, 3.63) is 17.6 Å². The van der Waals surface area contributed by atoms with Gasteiger partial charge in [0.25, 0.3) is 5.89 Å². The summed E-state index contributed by atoms with van der Waals surface area (Å²) in [5, 5.41) is 11.2. The van der Waals surface area contributed by atoms with Gasteiger partial charge < -0.3 is 10.3 Å². The molecule has 2 aromatic rings. The second-order valence-corrected chi connectivity index (χ2v) is 5.65. The molecule has 3 rings (SSSR count). The molecule has 102 valence electrons. The van der Waals surface area contributed by atoms with Gasteiger partial charge in [0.2, 0.25) is 0 Å². The minimum atomic E-state index is -0.418. The topological polar surface area (TPSA) is 93.6 Å². The van der Waals surface area contributed by atoms with Gasteiger partial charge in [-0.1, -0.05) is 31.8 Å². The fourth-order valence-electron chi connectivity index (χ4n) is 2.50. The van der Waals surface area contributed by atoms with E-state index in [-0.39, 0.29) is 0 Å². The first kappa shape index (κ1) is 12.3. The Morgan fingerprint density at radius 2 is 2.11 bits per heavy atom. The van der Waals surface area contributed by atoms with Gasteiger partial charge in [-0.2, -0.15) is 10.1 Å². The van der Waals surface area contributed by atoms with Gasteiger partial charge in [0, 0.05) is 5.69 Å². The van der Waals surface area contributed by atoms with Crippen molar-refractivity contribution in [2.45, 2.75) is 51.0 Å². The van der Waals surface area contributed by atoms with Crippen LogP contribution >= 0.6 is 0 Å². The summed E-state index contributed by atoms with van der Waals surface area (Å²) in [4.78, 5) is 4.42. The zero-order chi connectivity index (χ0) is 13.5. The second kappa shape index (κ2) is 4.45. The predicted octanol–water partition coefficient (Wildman–Crippen LogP) is 2.31. The first-order valence-corrected chi connectivity index (χ1v) is 6.77. The predicted molar refractivity (Wildman–Crippen MR) is 70.3 cm³/mol. The molecule has 0 unspecified atom stereocenters. The van der Waals surface area contributed by atoms with Crippen LogP contribution in [0.3, 0.4) is 0 Å². The van der Waals surface area contributed by atoms with Crippen LogP contribution < -0.4 is 5.73 Å². The Bertz CT molecular complexity index is 565. The number of rotatable bonds is 3. The largest absolute Gasteiger partial charge is 0.332 e. The summed E-state index contributed by atoms with van der Waals surface area (Å²) >= 11 is 0. The fraction of sp³-hybridized carbons (Fsp3) is 0.615. The average Bonchev–Trinajstić information content (AvgIpc) is 3.08. The smallest absolute Gasteiger partial charge is 0.278 e. The molecule has 2 aromatic heterocycles. The van der Waals surface area contributed by atoms with E-state index in [4.69, 9.17) is 10.3 Å². The minimum Gasteiger partial charge on any atom is -0.332 e. The van der Waals surface area contributed by atoms with Gasteiger partial charge in [-0.05, 0) is 24.8 Å². The van der Waals surface area contributed by atoms with E-state index in [0.717, 1.165) is 31.4 Å². The molecule has 6 nitrogen and oxygen atoms in total. The van der Waals surface area contributed by atoms with E-state index in [9.17, 15) is 0 Å². The highest BCUT2D eigenvalue weighted by Gasteiger charge is 2.36. The van der Waals surface area contributed by atoms with Gasteiger partial charge in [0.05, 0.1) is 5.54 Å². The van der Waals surface area contributed by atoms with Crippen molar-refractivity contribution in [3.63, 3.8) is 0 Å². The number of nitrogens with two attached hydrogens (primary N) is 1. The summed E-state index contributed by atoms with van der Waals surface area (Å²) in [6.45, 7) is 4.20. The van der Waals surface area contributed by atoms with Crippen LogP contribution in [0.25, 0.3) is 11.6 Å². The summed E-state index contributed by atoms with van der Waals surface area (Å²) in [5.74, 6) is 1.43. The highest BCUT2D eigenvalue weighted by atomic mass is 16.5. The SMILES string of the molecule is CC(C)c1cc(-c2nc(C3(N)CCCC3)no2)n[nH]1. The molecule has 0 atom stereocenters. The molecule has 0 amide bonds. The zero-order valence-electron chi connectivity index (χ0n) is 11.3. The molecule has 1 saturated carbocycles.